The Hall–Kier alpha value is -2.89. The molecule has 0 fully saturated rings. The summed E-state index contributed by atoms with van der Waals surface area (Å²) < 4.78 is 23.9. The van der Waals surface area contributed by atoms with Gasteiger partial charge >= 0.3 is 0 Å². The summed E-state index contributed by atoms with van der Waals surface area (Å²) in [5, 5.41) is 15.8. The highest BCUT2D eigenvalue weighted by Crippen LogP contribution is 2.25. The highest BCUT2D eigenvalue weighted by atomic mass is 32.2. The molecule has 9 nitrogen and oxygen atoms in total. The molecule has 3 aromatic rings. The van der Waals surface area contributed by atoms with Gasteiger partial charge in [0.1, 0.15) is 0 Å². The van der Waals surface area contributed by atoms with Gasteiger partial charge in [-0.1, -0.05) is 42.1 Å². The van der Waals surface area contributed by atoms with Crippen LogP contribution < -0.4 is 16.3 Å². The van der Waals surface area contributed by atoms with E-state index in [2.05, 4.69) is 15.5 Å². The van der Waals surface area contributed by atoms with Gasteiger partial charge in [-0.2, -0.15) is 0 Å². The standard InChI is InChI=1S/C17H18N6O3S2/c1-11(16(24)20-13-7-9-14(10-8-13)28(19,25)26)27-17-22-21-15(23(17)18)12-5-3-2-4-6-12/h2-11H,18H2,1H3,(H,20,24)(H2,19,25,26). The van der Waals surface area contributed by atoms with Crippen LogP contribution in [-0.2, 0) is 14.8 Å². The lowest BCUT2D eigenvalue weighted by molar-refractivity contribution is -0.115. The van der Waals surface area contributed by atoms with E-state index in [0.717, 1.165) is 17.3 Å². The van der Waals surface area contributed by atoms with E-state index in [1.807, 2.05) is 30.3 Å². The van der Waals surface area contributed by atoms with Gasteiger partial charge in [0.15, 0.2) is 5.82 Å². The quantitative estimate of drug-likeness (QED) is 0.405. The van der Waals surface area contributed by atoms with Gasteiger partial charge in [0.2, 0.25) is 21.1 Å². The Labute approximate surface area is 166 Å². The molecule has 11 heteroatoms. The van der Waals surface area contributed by atoms with Crippen molar-refractivity contribution < 1.29 is 13.2 Å². The molecule has 0 bridgehead atoms. The van der Waals surface area contributed by atoms with E-state index in [-0.39, 0.29) is 10.8 Å². The van der Waals surface area contributed by atoms with E-state index >= 15 is 0 Å². The molecule has 0 saturated heterocycles. The molecule has 0 aliphatic carbocycles. The van der Waals surface area contributed by atoms with Crippen molar-refractivity contribution in [2.24, 2.45) is 5.14 Å². The van der Waals surface area contributed by atoms with Gasteiger partial charge in [0, 0.05) is 11.3 Å². The molecule has 1 heterocycles. The van der Waals surface area contributed by atoms with E-state index in [1.54, 1.807) is 6.92 Å². The van der Waals surface area contributed by atoms with Crippen molar-refractivity contribution in [2.45, 2.75) is 22.2 Å². The van der Waals surface area contributed by atoms with Crippen LogP contribution in [0.5, 0.6) is 0 Å². The monoisotopic (exact) mass is 418 g/mol. The van der Waals surface area contributed by atoms with E-state index in [0.29, 0.717) is 16.7 Å². The summed E-state index contributed by atoms with van der Waals surface area (Å²) in [6, 6.07) is 14.9. The Bertz CT molecular complexity index is 1080. The first-order valence-corrected chi connectivity index (χ1v) is 10.5. The van der Waals surface area contributed by atoms with Crippen LogP contribution in [-0.4, -0.2) is 34.4 Å². The molecule has 5 N–H and O–H groups in total. The molecule has 146 valence electrons. The van der Waals surface area contributed by atoms with Crippen molar-refractivity contribution in [3.8, 4) is 11.4 Å². The predicted octanol–water partition coefficient (Wildman–Crippen LogP) is 1.43. The zero-order valence-corrected chi connectivity index (χ0v) is 16.4. The first-order chi connectivity index (χ1) is 13.3. The number of hydrogen-bond acceptors (Lipinski definition) is 7. The molecular formula is C17H18N6O3S2. The van der Waals surface area contributed by atoms with Crippen LogP contribution >= 0.6 is 11.8 Å². The minimum absolute atomic E-state index is 0.0300. The molecule has 3 rings (SSSR count). The first kappa shape index (κ1) is 19.9. The first-order valence-electron chi connectivity index (χ1n) is 8.12. The van der Waals surface area contributed by atoms with Crippen LogP contribution in [0.15, 0.2) is 64.6 Å². The number of hydrogen-bond donors (Lipinski definition) is 3. The SMILES string of the molecule is CC(Sc1nnc(-c2ccccc2)n1N)C(=O)Nc1ccc(S(N)(=O)=O)cc1. The van der Waals surface area contributed by atoms with Crippen LogP contribution in [0.3, 0.4) is 0 Å². The number of carbonyl (C=O) groups is 1. The fourth-order valence-corrected chi connectivity index (χ4v) is 3.61. The second kappa shape index (κ2) is 8.00. The molecule has 0 spiro atoms. The number of nitrogens with one attached hydrogen (secondary N) is 1. The third-order valence-electron chi connectivity index (χ3n) is 3.80. The number of primary sulfonamides is 1. The number of amides is 1. The lowest BCUT2D eigenvalue weighted by Gasteiger charge is -2.12. The Morgan fingerprint density at radius 2 is 1.75 bits per heavy atom. The average Bonchev–Trinajstić information content (AvgIpc) is 3.02. The average molecular weight is 419 g/mol. The van der Waals surface area contributed by atoms with E-state index in [4.69, 9.17) is 11.0 Å². The van der Waals surface area contributed by atoms with Crippen molar-refractivity contribution in [1.82, 2.24) is 14.9 Å². The molecule has 1 unspecified atom stereocenters. The Morgan fingerprint density at radius 3 is 2.36 bits per heavy atom. The summed E-state index contributed by atoms with van der Waals surface area (Å²) in [6.45, 7) is 1.70. The van der Waals surface area contributed by atoms with Crippen molar-refractivity contribution in [3.63, 3.8) is 0 Å². The molecule has 0 radical (unpaired) electrons. The van der Waals surface area contributed by atoms with Crippen LogP contribution in [0.2, 0.25) is 0 Å². The minimum Gasteiger partial charge on any atom is -0.335 e. The second-order valence-electron chi connectivity index (χ2n) is 5.86. The third kappa shape index (κ3) is 4.50. The normalized spacial score (nSPS) is 12.5. The zero-order chi connectivity index (χ0) is 20.3. The molecule has 1 amide bonds. The maximum Gasteiger partial charge on any atom is 0.238 e. The summed E-state index contributed by atoms with van der Waals surface area (Å²) >= 11 is 1.16. The maximum atomic E-state index is 12.4. The van der Waals surface area contributed by atoms with Crippen LogP contribution in [0, 0.1) is 0 Å². The summed E-state index contributed by atoms with van der Waals surface area (Å²) in [5.74, 6) is 6.26. The number of rotatable bonds is 6. The Morgan fingerprint density at radius 1 is 1.11 bits per heavy atom. The molecular weight excluding hydrogens is 400 g/mol. The van der Waals surface area contributed by atoms with Crippen LogP contribution in [0.25, 0.3) is 11.4 Å². The topological polar surface area (TPSA) is 146 Å². The summed E-state index contributed by atoms with van der Waals surface area (Å²) in [6.07, 6.45) is 0. The number of nitrogen functional groups attached to an aromatic ring is 1. The highest BCUT2D eigenvalue weighted by molar-refractivity contribution is 8.00. The largest absolute Gasteiger partial charge is 0.335 e. The smallest absolute Gasteiger partial charge is 0.238 e. The van der Waals surface area contributed by atoms with Crippen molar-refractivity contribution >= 4 is 33.4 Å². The fourth-order valence-electron chi connectivity index (χ4n) is 2.32. The summed E-state index contributed by atoms with van der Waals surface area (Å²) in [4.78, 5) is 12.4. The van der Waals surface area contributed by atoms with Gasteiger partial charge in [0.25, 0.3) is 0 Å². The van der Waals surface area contributed by atoms with Crippen LogP contribution in [0.1, 0.15) is 6.92 Å². The number of benzene rings is 2. The van der Waals surface area contributed by atoms with Gasteiger partial charge in [0.05, 0.1) is 10.1 Å². The number of thioether (sulfide) groups is 1. The van der Waals surface area contributed by atoms with E-state index < -0.39 is 15.3 Å². The number of aromatic nitrogens is 3. The zero-order valence-electron chi connectivity index (χ0n) is 14.8. The van der Waals surface area contributed by atoms with Gasteiger partial charge in [-0.05, 0) is 31.2 Å². The number of sulfonamides is 1. The molecule has 0 aliphatic heterocycles. The van der Waals surface area contributed by atoms with Gasteiger partial charge in [-0.3, -0.25) is 4.79 Å². The summed E-state index contributed by atoms with van der Waals surface area (Å²) in [7, 11) is -3.78. The summed E-state index contributed by atoms with van der Waals surface area (Å²) in [5.41, 5.74) is 1.26. The second-order valence-corrected chi connectivity index (χ2v) is 8.73. The molecule has 1 atom stereocenters. The number of nitrogens with zero attached hydrogens (tertiary/aromatic N) is 3. The fraction of sp³-hybridized carbons (Fsp3) is 0.118. The van der Waals surface area contributed by atoms with Gasteiger partial charge in [-0.15, -0.1) is 10.2 Å². The van der Waals surface area contributed by atoms with Crippen molar-refractivity contribution in [2.75, 3.05) is 11.2 Å². The molecule has 2 aromatic carbocycles. The van der Waals surface area contributed by atoms with Crippen LogP contribution in [0.4, 0.5) is 5.69 Å². The predicted molar refractivity (Wildman–Crippen MR) is 107 cm³/mol. The van der Waals surface area contributed by atoms with E-state index in [9.17, 15) is 13.2 Å². The molecule has 1 aromatic heterocycles. The Kier molecular flexibility index (Phi) is 5.68. The highest BCUT2D eigenvalue weighted by Gasteiger charge is 2.20. The maximum absolute atomic E-state index is 12.4. The number of nitrogens with two attached hydrogens (primary N) is 2. The van der Waals surface area contributed by atoms with Crippen molar-refractivity contribution in [3.05, 3.63) is 54.6 Å². The van der Waals surface area contributed by atoms with E-state index in [1.165, 1.54) is 28.9 Å². The molecule has 0 saturated carbocycles. The third-order valence-corrected chi connectivity index (χ3v) is 5.78. The molecule has 0 aliphatic rings. The Balaban J connectivity index is 1.67. The lowest BCUT2D eigenvalue weighted by atomic mass is 10.2. The van der Waals surface area contributed by atoms with Crippen molar-refractivity contribution in [1.29, 1.82) is 0 Å². The number of carbonyl (C=O) groups excluding carboxylic acids is 1. The number of anilines is 1. The lowest BCUT2D eigenvalue weighted by Crippen LogP contribution is -2.23. The molecule has 28 heavy (non-hydrogen) atoms. The van der Waals surface area contributed by atoms with Gasteiger partial charge in [-0.25, -0.2) is 18.2 Å². The minimum atomic E-state index is -3.78. The van der Waals surface area contributed by atoms with Gasteiger partial charge < -0.3 is 11.2 Å².